The molecule has 0 saturated carbocycles. The minimum absolute atomic E-state index is 0.167. The van der Waals surface area contributed by atoms with E-state index in [9.17, 15) is 9.59 Å². The van der Waals surface area contributed by atoms with Gasteiger partial charge in [0.15, 0.2) is 12.4 Å². The topological polar surface area (TPSA) is 65.1 Å². The third-order valence-electron chi connectivity index (χ3n) is 4.37. The highest BCUT2D eigenvalue weighted by molar-refractivity contribution is 6.15. The van der Waals surface area contributed by atoms with E-state index >= 15 is 0 Å². The number of fused-ring (bicyclic) bond motifs is 1. The number of hydrogen-bond donors (Lipinski definition) is 0. The molecule has 1 heterocycles. The van der Waals surface area contributed by atoms with Gasteiger partial charge in [0.1, 0.15) is 11.5 Å². The van der Waals surface area contributed by atoms with Gasteiger partial charge in [-0.05, 0) is 56.2 Å². The molecular formula is C23H25NO5. The van der Waals surface area contributed by atoms with E-state index in [2.05, 4.69) is 0 Å². The van der Waals surface area contributed by atoms with Crippen molar-refractivity contribution in [2.75, 3.05) is 25.6 Å². The number of benzene rings is 2. The Morgan fingerprint density at radius 1 is 1.17 bits per heavy atom. The summed E-state index contributed by atoms with van der Waals surface area (Å²) in [6, 6.07) is 11.2. The van der Waals surface area contributed by atoms with Gasteiger partial charge in [0.2, 0.25) is 5.78 Å². The van der Waals surface area contributed by atoms with Crippen LogP contribution in [0.15, 0.2) is 42.2 Å². The molecule has 0 amide bonds. The first-order valence-electron chi connectivity index (χ1n) is 9.43. The fraction of sp³-hybridized carbons (Fsp3) is 0.304. The van der Waals surface area contributed by atoms with Crippen molar-refractivity contribution in [3.8, 4) is 11.5 Å². The normalized spacial score (nSPS) is 14.0. The van der Waals surface area contributed by atoms with Gasteiger partial charge in [-0.15, -0.1) is 0 Å². The standard InChI is InChI=1S/C23H25NO5/c1-14(2)28-21(25)13-27-18-10-15(3)22-19(12-18)29-20(23(22)26)11-16-6-8-17(9-7-16)24(4)5/h6-12,14H,13H2,1-5H3/b20-11-. The summed E-state index contributed by atoms with van der Waals surface area (Å²) in [5, 5.41) is 0. The van der Waals surface area contributed by atoms with Gasteiger partial charge in [0.25, 0.3) is 0 Å². The molecule has 152 valence electrons. The lowest BCUT2D eigenvalue weighted by Crippen LogP contribution is -2.18. The Hall–Kier alpha value is -3.28. The zero-order valence-electron chi connectivity index (χ0n) is 17.3. The number of aryl methyl sites for hydroxylation is 1. The van der Waals surface area contributed by atoms with Gasteiger partial charge in [-0.25, -0.2) is 4.79 Å². The predicted octanol–water partition coefficient (Wildman–Crippen LogP) is 4.01. The van der Waals surface area contributed by atoms with Crippen LogP contribution in [0.2, 0.25) is 0 Å². The summed E-state index contributed by atoms with van der Waals surface area (Å²) in [5.41, 5.74) is 3.18. The molecule has 0 saturated heterocycles. The highest BCUT2D eigenvalue weighted by atomic mass is 16.6. The molecule has 1 aliphatic heterocycles. The second-order valence-electron chi connectivity index (χ2n) is 7.37. The quantitative estimate of drug-likeness (QED) is 0.544. The summed E-state index contributed by atoms with van der Waals surface area (Å²) in [6.07, 6.45) is 1.52. The zero-order valence-corrected chi connectivity index (χ0v) is 17.3. The lowest BCUT2D eigenvalue weighted by atomic mass is 10.0. The van der Waals surface area contributed by atoms with Crippen molar-refractivity contribution in [2.24, 2.45) is 0 Å². The Balaban J connectivity index is 1.77. The van der Waals surface area contributed by atoms with Crippen molar-refractivity contribution in [3.63, 3.8) is 0 Å². The van der Waals surface area contributed by atoms with Crippen LogP contribution in [0.5, 0.6) is 11.5 Å². The number of carbonyl (C=O) groups excluding carboxylic acids is 2. The van der Waals surface area contributed by atoms with E-state index < -0.39 is 5.97 Å². The molecule has 6 heteroatoms. The van der Waals surface area contributed by atoms with Crippen LogP contribution >= 0.6 is 0 Å². The maximum atomic E-state index is 12.8. The van der Waals surface area contributed by atoms with Gasteiger partial charge >= 0.3 is 5.97 Å². The summed E-state index contributed by atoms with van der Waals surface area (Å²) in [7, 11) is 3.94. The number of ketones is 1. The molecular weight excluding hydrogens is 370 g/mol. The molecule has 0 aliphatic carbocycles. The molecule has 2 aromatic carbocycles. The van der Waals surface area contributed by atoms with Crippen LogP contribution in [0.25, 0.3) is 6.08 Å². The monoisotopic (exact) mass is 395 g/mol. The van der Waals surface area contributed by atoms with E-state index in [1.165, 1.54) is 0 Å². The third-order valence-corrected chi connectivity index (χ3v) is 4.37. The van der Waals surface area contributed by atoms with Crippen LogP contribution in [0.3, 0.4) is 0 Å². The lowest BCUT2D eigenvalue weighted by molar-refractivity contribution is -0.149. The molecule has 2 aromatic rings. The molecule has 1 aliphatic rings. The highest BCUT2D eigenvalue weighted by Gasteiger charge is 2.30. The molecule has 0 fully saturated rings. The number of hydrogen-bond acceptors (Lipinski definition) is 6. The average molecular weight is 395 g/mol. The second-order valence-corrected chi connectivity index (χ2v) is 7.37. The first-order chi connectivity index (χ1) is 13.7. The minimum Gasteiger partial charge on any atom is -0.482 e. The van der Waals surface area contributed by atoms with E-state index in [0.29, 0.717) is 17.1 Å². The van der Waals surface area contributed by atoms with Gasteiger partial charge in [-0.2, -0.15) is 0 Å². The zero-order chi connectivity index (χ0) is 21.1. The Labute approximate surface area is 170 Å². The number of rotatable bonds is 6. The van der Waals surface area contributed by atoms with Crippen LogP contribution in [0, 0.1) is 6.92 Å². The Morgan fingerprint density at radius 2 is 1.86 bits per heavy atom. The smallest absolute Gasteiger partial charge is 0.344 e. The van der Waals surface area contributed by atoms with E-state index in [0.717, 1.165) is 16.8 Å². The van der Waals surface area contributed by atoms with Crippen LogP contribution in [0.4, 0.5) is 5.69 Å². The number of carbonyl (C=O) groups is 2. The minimum atomic E-state index is -0.447. The lowest BCUT2D eigenvalue weighted by Gasteiger charge is -2.11. The highest BCUT2D eigenvalue weighted by Crippen LogP contribution is 2.37. The molecule has 0 bridgehead atoms. The van der Waals surface area contributed by atoms with E-state index in [-0.39, 0.29) is 24.3 Å². The van der Waals surface area contributed by atoms with Crippen LogP contribution in [-0.4, -0.2) is 38.6 Å². The van der Waals surface area contributed by atoms with Gasteiger partial charge in [0.05, 0.1) is 11.7 Å². The maximum absolute atomic E-state index is 12.8. The third kappa shape index (κ3) is 4.77. The number of allylic oxidation sites excluding steroid dienone is 1. The van der Waals surface area contributed by atoms with Crippen molar-refractivity contribution >= 4 is 23.5 Å². The number of anilines is 1. The Kier molecular flexibility index (Phi) is 5.92. The van der Waals surface area contributed by atoms with Gasteiger partial charge < -0.3 is 19.1 Å². The maximum Gasteiger partial charge on any atom is 0.344 e. The Morgan fingerprint density at radius 3 is 2.48 bits per heavy atom. The SMILES string of the molecule is Cc1cc(OCC(=O)OC(C)C)cc2c1C(=O)/C(=C/c1ccc(N(C)C)cc1)O2. The Bertz CT molecular complexity index is 958. The largest absolute Gasteiger partial charge is 0.482 e. The predicted molar refractivity (Wildman–Crippen MR) is 112 cm³/mol. The van der Waals surface area contributed by atoms with Crippen molar-refractivity contribution < 1.29 is 23.8 Å². The van der Waals surface area contributed by atoms with E-state index in [4.69, 9.17) is 14.2 Å². The summed E-state index contributed by atoms with van der Waals surface area (Å²) in [4.78, 5) is 26.5. The molecule has 3 rings (SSSR count). The molecule has 0 unspecified atom stereocenters. The fourth-order valence-electron chi connectivity index (χ4n) is 3.02. The summed E-state index contributed by atoms with van der Waals surface area (Å²) in [6.45, 7) is 5.16. The van der Waals surface area contributed by atoms with Crippen molar-refractivity contribution in [2.45, 2.75) is 26.9 Å². The van der Waals surface area contributed by atoms with Gasteiger partial charge in [-0.1, -0.05) is 12.1 Å². The summed E-state index contributed by atoms with van der Waals surface area (Å²) in [5.74, 6) is 0.527. The molecule has 6 nitrogen and oxygen atoms in total. The summed E-state index contributed by atoms with van der Waals surface area (Å²) < 4.78 is 16.4. The van der Waals surface area contributed by atoms with E-state index in [1.807, 2.05) is 50.2 Å². The van der Waals surface area contributed by atoms with Crippen LogP contribution < -0.4 is 14.4 Å². The van der Waals surface area contributed by atoms with Crippen molar-refractivity contribution in [3.05, 3.63) is 58.8 Å². The molecule has 0 aromatic heterocycles. The number of Topliss-reactive ketones (excluding diaryl/α,β-unsaturated/α-hetero) is 1. The molecule has 0 radical (unpaired) electrons. The molecule has 29 heavy (non-hydrogen) atoms. The molecule has 0 spiro atoms. The number of ether oxygens (including phenoxy) is 3. The van der Waals surface area contributed by atoms with Crippen LogP contribution in [-0.2, 0) is 9.53 Å². The fourth-order valence-corrected chi connectivity index (χ4v) is 3.02. The van der Waals surface area contributed by atoms with Gasteiger partial charge in [0, 0.05) is 25.8 Å². The van der Waals surface area contributed by atoms with Crippen molar-refractivity contribution in [1.29, 1.82) is 0 Å². The number of esters is 1. The number of nitrogens with zero attached hydrogens (tertiary/aromatic N) is 1. The second kappa shape index (κ2) is 8.39. The van der Waals surface area contributed by atoms with Gasteiger partial charge in [-0.3, -0.25) is 4.79 Å². The summed E-state index contributed by atoms with van der Waals surface area (Å²) >= 11 is 0. The molecule has 0 N–H and O–H groups in total. The average Bonchev–Trinajstić information content (AvgIpc) is 2.96. The first-order valence-corrected chi connectivity index (χ1v) is 9.43. The molecule has 0 atom stereocenters. The first kappa shape index (κ1) is 20.5. The van der Waals surface area contributed by atoms with Crippen LogP contribution in [0.1, 0.15) is 35.3 Å². The van der Waals surface area contributed by atoms with E-state index in [1.54, 1.807) is 32.1 Å². The van der Waals surface area contributed by atoms with Crippen molar-refractivity contribution in [1.82, 2.24) is 0 Å².